The Kier molecular flexibility index (Phi) is 3.87. The maximum atomic E-state index is 10.3. The first-order valence-corrected chi connectivity index (χ1v) is 9.08. The Balaban J connectivity index is 1.56. The van der Waals surface area contributed by atoms with Gasteiger partial charge in [-0.05, 0) is 41.1 Å². The minimum atomic E-state index is 0.168. The molecule has 5 rings (SSSR count). The molecular formula is C24H17N3O. The fourth-order valence-electron chi connectivity index (χ4n) is 3.42. The molecule has 0 radical (unpaired) electrons. The highest BCUT2D eigenvalue weighted by atomic mass is 16.3. The predicted molar refractivity (Wildman–Crippen MR) is 113 cm³/mol. The van der Waals surface area contributed by atoms with Crippen LogP contribution in [0.4, 0.5) is 5.69 Å². The van der Waals surface area contributed by atoms with Crippen molar-refractivity contribution in [1.82, 2.24) is 4.98 Å². The quantitative estimate of drug-likeness (QED) is 0.548. The van der Waals surface area contributed by atoms with Crippen molar-refractivity contribution in [3.63, 3.8) is 0 Å². The molecule has 0 atom stereocenters. The molecule has 4 heteroatoms. The van der Waals surface area contributed by atoms with Gasteiger partial charge in [0.1, 0.15) is 0 Å². The molecule has 1 aromatic heterocycles. The van der Waals surface area contributed by atoms with Crippen LogP contribution in [0.5, 0.6) is 5.88 Å². The van der Waals surface area contributed by atoms with E-state index in [-0.39, 0.29) is 5.88 Å². The summed E-state index contributed by atoms with van der Waals surface area (Å²) in [6, 6.07) is 24.0. The first kappa shape index (κ1) is 16.3. The molecule has 0 amide bonds. The van der Waals surface area contributed by atoms with Crippen LogP contribution < -0.4 is 10.4 Å². The number of nitrogens with zero attached hydrogens (tertiary/aromatic N) is 2. The minimum Gasteiger partial charge on any atom is -0.494 e. The molecule has 0 bridgehead atoms. The lowest BCUT2D eigenvalue weighted by molar-refractivity contribution is 0.457. The van der Waals surface area contributed by atoms with E-state index in [0.29, 0.717) is 0 Å². The lowest BCUT2D eigenvalue weighted by Gasteiger charge is -1.95. The van der Waals surface area contributed by atoms with E-state index < -0.39 is 0 Å². The Bertz CT molecular complexity index is 1360. The number of H-pyrrole nitrogens is 1. The molecule has 4 nitrogen and oxygen atoms in total. The maximum Gasteiger partial charge on any atom is 0.196 e. The largest absolute Gasteiger partial charge is 0.494 e. The monoisotopic (exact) mass is 363 g/mol. The van der Waals surface area contributed by atoms with Crippen molar-refractivity contribution in [2.45, 2.75) is 0 Å². The van der Waals surface area contributed by atoms with Gasteiger partial charge in [0.15, 0.2) is 5.88 Å². The number of hydrogen-bond acceptors (Lipinski definition) is 3. The van der Waals surface area contributed by atoms with Crippen LogP contribution in [0, 0.1) is 0 Å². The summed E-state index contributed by atoms with van der Waals surface area (Å²) in [4.78, 5) is 3.01. The van der Waals surface area contributed by atoms with Crippen LogP contribution in [0.2, 0.25) is 0 Å². The summed E-state index contributed by atoms with van der Waals surface area (Å²) in [5, 5.41) is 21.8. The summed E-state index contributed by atoms with van der Waals surface area (Å²) in [5.41, 5.74) is 4.49. The average Bonchev–Trinajstić information content (AvgIpc) is 3.28. The van der Waals surface area contributed by atoms with Crippen molar-refractivity contribution in [1.29, 1.82) is 0 Å². The molecule has 0 unspecified atom stereocenters. The number of azo groups is 1. The number of nitrogens with one attached hydrogen (secondary N) is 1. The predicted octanol–water partition coefficient (Wildman–Crippen LogP) is 4.62. The third-order valence-electron chi connectivity index (χ3n) is 4.83. The topological polar surface area (TPSA) is 60.7 Å². The summed E-state index contributed by atoms with van der Waals surface area (Å²) in [5.74, 6) is 0.168. The van der Waals surface area contributed by atoms with Crippen molar-refractivity contribution >= 4 is 34.4 Å². The first-order valence-electron chi connectivity index (χ1n) is 9.08. The summed E-state index contributed by atoms with van der Waals surface area (Å²) < 4.78 is 0. The molecule has 1 aliphatic heterocycles. The van der Waals surface area contributed by atoms with E-state index in [1.54, 1.807) is 0 Å². The van der Waals surface area contributed by atoms with Gasteiger partial charge in [-0.2, -0.15) is 0 Å². The number of aromatic nitrogens is 1. The van der Waals surface area contributed by atoms with Gasteiger partial charge in [-0.25, -0.2) is 0 Å². The van der Waals surface area contributed by atoms with Gasteiger partial charge in [0, 0.05) is 21.7 Å². The Morgan fingerprint density at radius 1 is 0.821 bits per heavy atom. The van der Waals surface area contributed by atoms with Crippen molar-refractivity contribution in [2.24, 2.45) is 10.2 Å². The molecule has 0 saturated carbocycles. The standard InChI is InChI=1S/C24H17N3O/c28-24-20(18-8-4-5-9-21(18)25-24)14-17-10-12-19-22(26-27-23(19)15-17)13-11-16-6-2-1-3-7-16/h1-15,25,28H. The number of rotatable bonds is 3. The zero-order valence-corrected chi connectivity index (χ0v) is 15.0. The third kappa shape index (κ3) is 2.91. The molecule has 2 N–H and O–H groups in total. The highest BCUT2D eigenvalue weighted by molar-refractivity contribution is 5.91. The van der Waals surface area contributed by atoms with Gasteiger partial charge in [-0.3, -0.25) is 0 Å². The number of aromatic hydroxyl groups is 1. The lowest BCUT2D eigenvalue weighted by Crippen LogP contribution is -2.08. The number of benzene rings is 3. The van der Waals surface area contributed by atoms with Crippen LogP contribution in [0.1, 0.15) is 11.1 Å². The van der Waals surface area contributed by atoms with Crippen LogP contribution >= 0.6 is 0 Å². The third-order valence-corrected chi connectivity index (χ3v) is 4.83. The molecule has 0 fully saturated rings. The second-order valence-corrected chi connectivity index (χ2v) is 6.68. The van der Waals surface area contributed by atoms with Gasteiger partial charge in [-0.1, -0.05) is 60.7 Å². The summed E-state index contributed by atoms with van der Waals surface area (Å²) in [7, 11) is 0. The maximum absolute atomic E-state index is 10.3. The Morgan fingerprint density at radius 3 is 2.54 bits per heavy atom. The van der Waals surface area contributed by atoms with Crippen molar-refractivity contribution in [3.05, 3.63) is 100 Å². The van der Waals surface area contributed by atoms with E-state index in [0.717, 1.165) is 43.9 Å². The molecule has 0 aliphatic carbocycles. The zero-order valence-electron chi connectivity index (χ0n) is 15.0. The number of hydrogen-bond donors (Lipinski definition) is 2. The van der Waals surface area contributed by atoms with Gasteiger partial charge in [0.05, 0.1) is 11.4 Å². The van der Waals surface area contributed by atoms with Crippen molar-refractivity contribution < 1.29 is 5.11 Å². The molecule has 28 heavy (non-hydrogen) atoms. The Hall–Kier alpha value is -3.92. The van der Waals surface area contributed by atoms with Gasteiger partial charge in [-0.15, -0.1) is 10.2 Å². The molecular weight excluding hydrogens is 346 g/mol. The minimum absolute atomic E-state index is 0.168. The highest BCUT2D eigenvalue weighted by Gasteiger charge is 2.09. The molecule has 4 aromatic rings. The van der Waals surface area contributed by atoms with Crippen LogP contribution in [-0.4, -0.2) is 10.1 Å². The summed E-state index contributed by atoms with van der Waals surface area (Å²) >= 11 is 0. The van der Waals surface area contributed by atoms with E-state index in [1.165, 1.54) is 0 Å². The van der Waals surface area contributed by atoms with Gasteiger partial charge in [0.25, 0.3) is 0 Å². The number of aromatic amines is 1. The molecule has 0 saturated heterocycles. The normalized spacial score (nSPS) is 13.7. The lowest BCUT2D eigenvalue weighted by atomic mass is 10.1. The molecule has 2 heterocycles. The second kappa shape index (κ2) is 6.67. The van der Waals surface area contributed by atoms with Gasteiger partial charge in [0.2, 0.25) is 0 Å². The average molecular weight is 363 g/mol. The van der Waals surface area contributed by atoms with E-state index in [9.17, 15) is 5.11 Å². The van der Waals surface area contributed by atoms with E-state index >= 15 is 0 Å². The van der Waals surface area contributed by atoms with E-state index in [1.807, 2.05) is 78.9 Å². The fourth-order valence-corrected chi connectivity index (χ4v) is 3.42. The highest BCUT2D eigenvalue weighted by Crippen LogP contribution is 2.27. The molecule has 1 aliphatic rings. The Morgan fingerprint density at radius 2 is 1.64 bits per heavy atom. The van der Waals surface area contributed by atoms with Crippen LogP contribution in [0.3, 0.4) is 0 Å². The molecule has 134 valence electrons. The van der Waals surface area contributed by atoms with Crippen LogP contribution in [0.25, 0.3) is 28.8 Å². The van der Waals surface area contributed by atoms with Crippen molar-refractivity contribution in [3.8, 4) is 5.88 Å². The second-order valence-electron chi connectivity index (χ2n) is 6.68. The number of fused-ring (bicyclic) bond motifs is 2. The summed E-state index contributed by atoms with van der Waals surface area (Å²) in [6.07, 6.45) is 5.98. The zero-order chi connectivity index (χ0) is 18.9. The van der Waals surface area contributed by atoms with Crippen LogP contribution in [0.15, 0.2) is 89.1 Å². The first-order chi connectivity index (χ1) is 13.8. The number of para-hydroxylation sites is 1. The van der Waals surface area contributed by atoms with E-state index in [2.05, 4.69) is 27.3 Å². The van der Waals surface area contributed by atoms with E-state index in [4.69, 9.17) is 0 Å². The molecule has 0 spiro atoms. The SMILES string of the molecule is Oc1[nH]c2ccccc2c1C=c1ccc2c(c1)N=NC=2C=Cc1ccccc1. The fraction of sp³-hybridized carbons (Fsp3) is 0. The smallest absolute Gasteiger partial charge is 0.196 e. The van der Waals surface area contributed by atoms with Gasteiger partial charge >= 0.3 is 0 Å². The Labute approximate surface area is 161 Å². The summed E-state index contributed by atoms with van der Waals surface area (Å²) in [6.45, 7) is 0. The molecule has 3 aromatic carbocycles. The van der Waals surface area contributed by atoms with Crippen molar-refractivity contribution in [2.75, 3.05) is 0 Å². The van der Waals surface area contributed by atoms with Gasteiger partial charge < -0.3 is 10.1 Å². The van der Waals surface area contributed by atoms with Crippen LogP contribution in [-0.2, 0) is 0 Å².